The van der Waals surface area contributed by atoms with Crippen LogP contribution >= 0.6 is 0 Å². The molecule has 2 aliphatic heterocycles. The lowest BCUT2D eigenvalue weighted by Crippen LogP contribution is -2.46. The number of hydrogen-bond acceptors (Lipinski definition) is 4. The zero-order valence-electron chi connectivity index (χ0n) is 13.4. The van der Waals surface area contributed by atoms with E-state index in [0.29, 0.717) is 5.92 Å². The molecule has 0 amide bonds. The van der Waals surface area contributed by atoms with E-state index in [9.17, 15) is 0 Å². The fraction of sp³-hybridized carbons (Fsp3) is 0.765. The lowest BCUT2D eigenvalue weighted by molar-refractivity contribution is -0.149. The molecule has 0 radical (unpaired) electrons. The van der Waals surface area contributed by atoms with Crippen LogP contribution in [0.3, 0.4) is 0 Å². The summed E-state index contributed by atoms with van der Waals surface area (Å²) < 4.78 is 17.4. The van der Waals surface area contributed by atoms with Gasteiger partial charge in [-0.15, -0.1) is 0 Å². The molecule has 0 bridgehead atoms. The van der Waals surface area contributed by atoms with Crippen molar-refractivity contribution >= 4 is 0 Å². The summed E-state index contributed by atoms with van der Waals surface area (Å²) in [5.74, 6) is 2.43. The Morgan fingerprint density at radius 1 is 1.10 bits per heavy atom. The van der Waals surface area contributed by atoms with Gasteiger partial charge in [-0.3, -0.25) is 0 Å². The van der Waals surface area contributed by atoms with Gasteiger partial charge in [-0.05, 0) is 57.9 Å². The lowest BCUT2D eigenvalue weighted by Gasteiger charge is -2.44. The van der Waals surface area contributed by atoms with E-state index in [1.165, 1.54) is 11.1 Å². The summed E-state index contributed by atoms with van der Waals surface area (Å²) in [6.45, 7) is 8.59. The average Bonchev–Trinajstić information content (AvgIpc) is 2.72. The van der Waals surface area contributed by atoms with Crippen molar-refractivity contribution in [2.45, 2.75) is 58.1 Å². The van der Waals surface area contributed by atoms with Crippen LogP contribution in [0.5, 0.6) is 0 Å². The summed E-state index contributed by atoms with van der Waals surface area (Å²) in [5, 5.41) is 0. The number of aryl methyl sites for hydroxylation is 2. The third-order valence-electron chi connectivity index (χ3n) is 5.39. The summed E-state index contributed by atoms with van der Waals surface area (Å²) in [6, 6.07) is 0.0473. The van der Waals surface area contributed by atoms with Crippen molar-refractivity contribution in [2.75, 3.05) is 19.8 Å². The summed E-state index contributed by atoms with van der Waals surface area (Å²) >= 11 is 0. The summed E-state index contributed by atoms with van der Waals surface area (Å²) in [7, 11) is 0. The molecular weight excluding hydrogens is 266 g/mol. The minimum absolute atomic E-state index is 0.000619. The van der Waals surface area contributed by atoms with Gasteiger partial charge in [-0.2, -0.15) is 0 Å². The molecule has 0 saturated carbocycles. The van der Waals surface area contributed by atoms with Crippen molar-refractivity contribution in [1.82, 2.24) is 0 Å². The Hall–Kier alpha value is -0.840. The van der Waals surface area contributed by atoms with Crippen LogP contribution in [0.1, 0.15) is 54.4 Å². The Morgan fingerprint density at radius 3 is 2.43 bits per heavy atom. The van der Waals surface area contributed by atoms with Crippen LogP contribution in [0.2, 0.25) is 0 Å². The minimum atomic E-state index is -0.000619. The number of rotatable bonds is 2. The first-order valence-electron chi connectivity index (χ1n) is 8.06. The van der Waals surface area contributed by atoms with Gasteiger partial charge >= 0.3 is 0 Å². The van der Waals surface area contributed by atoms with Gasteiger partial charge in [-0.25, -0.2) is 0 Å². The molecule has 2 fully saturated rings. The standard InChI is InChI=1S/C17H27NO3/c1-11-12(2)21-13(3)15(11)16(18)14-4-7-20-17(10-14)5-8-19-9-6-17/h14,16H,4-10,18H2,1-3H3. The molecule has 3 heterocycles. The highest BCUT2D eigenvalue weighted by Crippen LogP contribution is 2.42. The van der Waals surface area contributed by atoms with Gasteiger partial charge in [0, 0.05) is 31.4 Å². The number of furan rings is 1. The highest BCUT2D eigenvalue weighted by molar-refractivity contribution is 5.34. The van der Waals surface area contributed by atoms with Crippen LogP contribution in [0.15, 0.2) is 4.42 Å². The van der Waals surface area contributed by atoms with E-state index < -0.39 is 0 Å². The highest BCUT2D eigenvalue weighted by atomic mass is 16.5. The molecule has 4 nitrogen and oxygen atoms in total. The molecule has 0 aliphatic carbocycles. The quantitative estimate of drug-likeness (QED) is 0.910. The molecule has 118 valence electrons. The van der Waals surface area contributed by atoms with Gasteiger partial charge in [0.1, 0.15) is 11.5 Å². The van der Waals surface area contributed by atoms with E-state index >= 15 is 0 Å². The van der Waals surface area contributed by atoms with Crippen LogP contribution in [0.25, 0.3) is 0 Å². The SMILES string of the molecule is Cc1oc(C)c(C(N)C2CCOC3(CCOCC3)C2)c1C. The Bertz CT molecular complexity index is 497. The molecule has 1 aromatic rings. The van der Waals surface area contributed by atoms with Crippen molar-refractivity contribution in [3.63, 3.8) is 0 Å². The number of hydrogen-bond donors (Lipinski definition) is 1. The first-order chi connectivity index (χ1) is 10.0. The molecule has 3 rings (SSSR count). The van der Waals surface area contributed by atoms with Gasteiger partial charge in [0.25, 0.3) is 0 Å². The van der Waals surface area contributed by atoms with Crippen LogP contribution < -0.4 is 5.73 Å². The van der Waals surface area contributed by atoms with E-state index in [4.69, 9.17) is 19.6 Å². The molecular formula is C17H27NO3. The highest BCUT2D eigenvalue weighted by Gasteiger charge is 2.41. The van der Waals surface area contributed by atoms with E-state index in [0.717, 1.165) is 57.0 Å². The van der Waals surface area contributed by atoms with E-state index in [-0.39, 0.29) is 11.6 Å². The molecule has 2 atom stereocenters. The van der Waals surface area contributed by atoms with Gasteiger partial charge < -0.3 is 19.6 Å². The van der Waals surface area contributed by atoms with Crippen LogP contribution in [0.4, 0.5) is 0 Å². The Kier molecular flexibility index (Phi) is 4.12. The van der Waals surface area contributed by atoms with Gasteiger partial charge in [0.15, 0.2) is 0 Å². The van der Waals surface area contributed by atoms with Crippen molar-refractivity contribution < 1.29 is 13.9 Å². The third-order valence-corrected chi connectivity index (χ3v) is 5.39. The fourth-order valence-electron chi connectivity index (χ4n) is 4.00. The minimum Gasteiger partial charge on any atom is -0.466 e. The Labute approximate surface area is 127 Å². The van der Waals surface area contributed by atoms with Crippen molar-refractivity contribution in [3.05, 3.63) is 22.6 Å². The predicted molar refractivity (Wildman–Crippen MR) is 81.3 cm³/mol. The van der Waals surface area contributed by atoms with E-state index in [1.54, 1.807) is 0 Å². The first kappa shape index (κ1) is 15.1. The Balaban J connectivity index is 1.79. The van der Waals surface area contributed by atoms with Crippen LogP contribution in [0, 0.1) is 26.7 Å². The van der Waals surface area contributed by atoms with E-state index in [2.05, 4.69) is 6.92 Å². The van der Waals surface area contributed by atoms with Crippen LogP contribution in [-0.2, 0) is 9.47 Å². The monoisotopic (exact) mass is 293 g/mol. The maximum atomic E-state index is 6.63. The maximum Gasteiger partial charge on any atom is 0.106 e. The summed E-state index contributed by atoms with van der Waals surface area (Å²) in [6.07, 6.45) is 4.07. The zero-order valence-corrected chi connectivity index (χ0v) is 13.4. The topological polar surface area (TPSA) is 57.6 Å². The summed E-state index contributed by atoms with van der Waals surface area (Å²) in [5.41, 5.74) is 9.05. The van der Waals surface area contributed by atoms with Gasteiger partial charge in [-0.1, -0.05) is 0 Å². The zero-order chi connectivity index (χ0) is 15.0. The molecule has 2 unspecified atom stereocenters. The second kappa shape index (κ2) is 5.75. The molecule has 21 heavy (non-hydrogen) atoms. The molecule has 1 aromatic heterocycles. The molecule has 2 aliphatic rings. The molecule has 1 spiro atoms. The molecule has 2 saturated heterocycles. The fourth-order valence-corrected chi connectivity index (χ4v) is 4.00. The molecule has 4 heteroatoms. The predicted octanol–water partition coefficient (Wildman–Crippen LogP) is 3.18. The number of ether oxygens (including phenoxy) is 2. The second-order valence-electron chi connectivity index (χ2n) is 6.68. The third kappa shape index (κ3) is 2.77. The average molecular weight is 293 g/mol. The first-order valence-corrected chi connectivity index (χ1v) is 8.06. The molecule has 2 N–H and O–H groups in total. The van der Waals surface area contributed by atoms with Crippen molar-refractivity contribution in [3.8, 4) is 0 Å². The smallest absolute Gasteiger partial charge is 0.106 e. The molecule has 0 aromatic carbocycles. The maximum absolute atomic E-state index is 6.63. The van der Waals surface area contributed by atoms with Gasteiger partial charge in [0.2, 0.25) is 0 Å². The lowest BCUT2D eigenvalue weighted by atomic mass is 9.76. The van der Waals surface area contributed by atoms with E-state index in [1.807, 2.05) is 13.8 Å². The van der Waals surface area contributed by atoms with Gasteiger partial charge in [0.05, 0.1) is 5.60 Å². The largest absolute Gasteiger partial charge is 0.466 e. The normalized spacial score (nSPS) is 27.0. The van der Waals surface area contributed by atoms with Crippen molar-refractivity contribution in [2.24, 2.45) is 11.7 Å². The summed E-state index contributed by atoms with van der Waals surface area (Å²) in [4.78, 5) is 0. The number of nitrogens with two attached hydrogens (primary N) is 1. The van der Waals surface area contributed by atoms with Crippen molar-refractivity contribution in [1.29, 1.82) is 0 Å². The Morgan fingerprint density at radius 2 is 1.81 bits per heavy atom. The van der Waals surface area contributed by atoms with Crippen LogP contribution in [-0.4, -0.2) is 25.4 Å². The second-order valence-corrected chi connectivity index (χ2v) is 6.68.